The van der Waals surface area contributed by atoms with Gasteiger partial charge in [-0.05, 0) is 54.3 Å². The molecular formula is C30H31N5O3S. The third kappa shape index (κ3) is 4.18. The van der Waals surface area contributed by atoms with E-state index in [0.717, 1.165) is 25.7 Å². The fourth-order valence-corrected chi connectivity index (χ4v) is 7.03. The highest BCUT2D eigenvalue weighted by Crippen LogP contribution is 2.49. The first-order valence-corrected chi connectivity index (χ1v) is 13.9. The van der Waals surface area contributed by atoms with Gasteiger partial charge in [-0.3, -0.25) is 9.59 Å². The van der Waals surface area contributed by atoms with Gasteiger partial charge in [0.05, 0.1) is 15.6 Å². The summed E-state index contributed by atoms with van der Waals surface area (Å²) in [5.74, 6) is 0.639. The topological polar surface area (TPSA) is 159 Å². The molecule has 1 aromatic heterocycles. The first-order valence-electron chi connectivity index (χ1n) is 13.1. The molecule has 0 bridgehead atoms. The first-order chi connectivity index (χ1) is 18.8. The van der Waals surface area contributed by atoms with Gasteiger partial charge in [0, 0.05) is 28.7 Å². The second kappa shape index (κ2) is 9.77. The number of hydrogen-bond acceptors (Lipinski definition) is 8. The molecule has 9 N–H and O–H groups in total. The van der Waals surface area contributed by atoms with Crippen LogP contribution in [0.1, 0.15) is 58.1 Å². The van der Waals surface area contributed by atoms with Gasteiger partial charge < -0.3 is 33.0 Å². The first kappa shape index (κ1) is 25.5. The van der Waals surface area contributed by atoms with Crippen LogP contribution in [0.3, 0.4) is 0 Å². The maximum Gasteiger partial charge on any atom is 0.262 e. The number of Topliss-reactive ketones (excluding diaryl/α,β-unsaturated/α-hetero) is 1. The molecule has 2 unspecified atom stereocenters. The van der Waals surface area contributed by atoms with Gasteiger partial charge in [-0.2, -0.15) is 0 Å². The van der Waals surface area contributed by atoms with Crippen LogP contribution in [-0.2, 0) is 10.3 Å². The van der Waals surface area contributed by atoms with Crippen LogP contribution < -0.4 is 33.0 Å². The number of ether oxygens (including phenoxy) is 1. The van der Waals surface area contributed by atoms with Gasteiger partial charge in [0.25, 0.3) is 5.91 Å². The Kier molecular flexibility index (Phi) is 6.39. The fraction of sp³-hybridized carbons (Fsp3) is 0.267. The normalized spacial score (nSPS) is 24.5. The number of carbonyl (C=O) groups excluding carboxylic acids is 2. The van der Waals surface area contributed by atoms with Gasteiger partial charge in [-0.1, -0.05) is 49.2 Å². The van der Waals surface area contributed by atoms with Crippen molar-refractivity contribution in [1.82, 2.24) is 5.32 Å². The molecule has 0 saturated heterocycles. The average Bonchev–Trinajstić information content (AvgIpc) is 3.35. The van der Waals surface area contributed by atoms with Gasteiger partial charge in [-0.25, -0.2) is 0 Å². The highest BCUT2D eigenvalue weighted by Gasteiger charge is 2.48. The van der Waals surface area contributed by atoms with Gasteiger partial charge >= 0.3 is 0 Å². The van der Waals surface area contributed by atoms with Crippen LogP contribution in [0, 0.1) is 0 Å². The van der Waals surface area contributed by atoms with Crippen molar-refractivity contribution in [2.75, 3.05) is 5.73 Å². The molecule has 4 aromatic rings. The quantitative estimate of drug-likeness (QED) is 0.238. The molecule has 1 saturated carbocycles. The minimum atomic E-state index is -1.52. The number of benzene rings is 3. The Balaban J connectivity index is 1.41. The summed E-state index contributed by atoms with van der Waals surface area (Å²) in [5, 5.41) is 3.77. The number of hydrogen-bond donors (Lipinski definition) is 5. The number of anilines is 1. The van der Waals surface area contributed by atoms with E-state index >= 15 is 0 Å². The maximum atomic E-state index is 14.0. The molecule has 2 aliphatic rings. The molecular weight excluding hydrogens is 510 g/mol. The molecule has 1 amide bonds. The predicted octanol–water partition coefficient (Wildman–Crippen LogP) is 4.06. The van der Waals surface area contributed by atoms with Gasteiger partial charge in [0.2, 0.25) is 0 Å². The van der Waals surface area contributed by atoms with Crippen LogP contribution in [0.15, 0.2) is 66.7 Å². The number of para-hydroxylation sites is 1. The van der Waals surface area contributed by atoms with Crippen molar-refractivity contribution in [2.24, 2.45) is 17.2 Å². The lowest BCUT2D eigenvalue weighted by atomic mass is 9.70. The molecule has 200 valence electrons. The average molecular weight is 542 g/mol. The lowest BCUT2D eigenvalue weighted by Crippen LogP contribution is -2.53. The van der Waals surface area contributed by atoms with E-state index in [1.807, 2.05) is 30.3 Å². The molecule has 0 radical (unpaired) electrons. The Morgan fingerprint density at radius 3 is 2.36 bits per heavy atom. The summed E-state index contributed by atoms with van der Waals surface area (Å²) in [7, 11) is 0. The summed E-state index contributed by atoms with van der Waals surface area (Å²) >= 11 is 1.25. The van der Waals surface area contributed by atoms with Crippen molar-refractivity contribution in [3.8, 4) is 11.5 Å². The summed E-state index contributed by atoms with van der Waals surface area (Å²) in [6.45, 7) is 0. The summed E-state index contributed by atoms with van der Waals surface area (Å²) in [6, 6.07) is 18.7. The van der Waals surface area contributed by atoms with Crippen molar-refractivity contribution in [1.29, 1.82) is 0 Å². The molecule has 6 rings (SSSR count). The molecule has 9 heteroatoms. The number of carbonyl (C=O) groups is 2. The minimum Gasteiger partial charge on any atom is -0.457 e. The van der Waals surface area contributed by atoms with Gasteiger partial charge in [0.15, 0.2) is 5.78 Å². The van der Waals surface area contributed by atoms with E-state index in [1.54, 1.807) is 36.4 Å². The van der Waals surface area contributed by atoms with Crippen LogP contribution in [0.25, 0.3) is 10.1 Å². The summed E-state index contributed by atoms with van der Waals surface area (Å²) < 4.78 is 6.61. The smallest absolute Gasteiger partial charge is 0.262 e. The van der Waals surface area contributed by atoms with Crippen LogP contribution in [-0.4, -0.2) is 23.8 Å². The summed E-state index contributed by atoms with van der Waals surface area (Å²) in [4.78, 5) is 27.9. The van der Waals surface area contributed by atoms with Crippen molar-refractivity contribution in [3.05, 3.63) is 88.3 Å². The molecule has 4 atom stereocenters. The minimum absolute atomic E-state index is 0.102. The Labute approximate surface area is 230 Å². The molecule has 1 fully saturated rings. The molecule has 39 heavy (non-hydrogen) atoms. The number of nitrogens with one attached hydrogen (secondary N) is 1. The van der Waals surface area contributed by atoms with E-state index < -0.39 is 11.6 Å². The number of ketones is 1. The van der Waals surface area contributed by atoms with Crippen LogP contribution in [0.4, 0.5) is 5.69 Å². The van der Waals surface area contributed by atoms with E-state index in [-0.39, 0.29) is 23.8 Å². The zero-order valence-electron chi connectivity index (χ0n) is 21.4. The number of amides is 1. The van der Waals surface area contributed by atoms with Crippen LogP contribution in [0.5, 0.6) is 11.5 Å². The molecule has 2 aliphatic carbocycles. The zero-order valence-corrected chi connectivity index (χ0v) is 22.2. The Bertz CT molecular complexity index is 1570. The van der Waals surface area contributed by atoms with E-state index in [0.29, 0.717) is 48.8 Å². The third-order valence-corrected chi connectivity index (χ3v) is 9.20. The van der Waals surface area contributed by atoms with Gasteiger partial charge in [0.1, 0.15) is 17.0 Å². The van der Waals surface area contributed by atoms with Crippen LogP contribution in [0.2, 0.25) is 0 Å². The van der Waals surface area contributed by atoms with E-state index in [9.17, 15) is 9.59 Å². The molecule has 0 spiro atoms. The van der Waals surface area contributed by atoms with Crippen molar-refractivity contribution >= 4 is 38.8 Å². The largest absolute Gasteiger partial charge is 0.457 e. The molecule has 8 nitrogen and oxygen atoms in total. The fourth-order valence-electron chi connectivity index (χ4n) is 5.83. The molecule has 1 heterocycles. The monoisotopic (exact) mass is 541 g/mol. The highest BCUT2D eigenvalue weighted by molar-refractivity contribution is 7.21. The van der Waals surface area contributed by atoms with Crippen LogP contribution >= 0.6 is 11.3 Å². The SMILES string of the molecule is Nc1ccc2c3c(c(C(=O)N[C@@H]4CCCC[C@@H]4N)sc13)C(N)C(=O)C2(N)c1ccc(Oc2ccccc2)cc1. The van der Waals surface area contributed by atoms with E-state index in [2.05, 4.69) is 5.32 Å². The van der Waals surface area contributed by atoms with Crippen molar-refractivity contribution in [3.63, 3.8) is 0 Å². The zero-order chi connectivity index (χ0) is 27.3. The van der Waals surface area contributed by atoms with Crippen molar-refractivity contribution < 1.29 is 14.3 Å². The summed E-state index contributed by atoms with van der Waals surface area (Å²) in [6.07, 6.45) is 3.75. The number of thiophene rings is 1. The number of nitrogens with two attached hydrogens (primary N) is 4. The molecule has 3 aromatic carbocycles. The Hall–Kier alpha value is -3.76. The molecule has 0 aliphatic heterocycles. The second-order valence-electron chi connectivity index (χ2n) is 10.4. The van der Waals surface area contributed by atoms with E-state index in [4.69, 9.17) is 27.7 Å². The number of nitrogen functional groups attached to an aromatic ring is 1. The Morgan fingerprint density at radius 1 is 0.949 bits per heavy atom. The Morgan fingerprint density at radius 2 is 1.64 bits per heavy atom. The standard InChI is InChI=1S/C30H31N5O3S/c31-20-8-4-5-9-22(20)35-29(37)27-24-23-19(14-15-21(32)26(23)39-27)30(34,28(36)25(24)33)16-10-12-18(13-11-16)38-17-6-2-1-3-7-17/h1-3,6-7,10-15,20,22,25H,4-5,8-9,31-34H2,(H,35,37)/t20-,22+,25?,30?/m0/s1. The van der Waals surface area contributed by atoms with Crippen molar-refractivity contribution in [2.45, 2.75) is 49.3 Å². The maximum absolute atomic E-state index is 14.0. The second-order valence-corrected chi connectivity index (χ2v) is 11.4. The lowest BCUT2D eigenvalue weighted by molar-refractivity contribution is -0.124. The third-order valence-electron chi connectivity index (χ3n) is 7.94. The number of rotatable bonds is 5. The predicted molar refractivity (Wildman–Crippen MR) is 154 cm³/mol. The summed E-state index contributed by atoms with van der Waals surface area (Å²) in [5.41, 5.74) is 26.8. The van der Waals surface area contributed by atoms with Gasteiger partial charge in [-0.15, -0.1) is 11.3 Å². The highest BCUT2D eigenvalue weighted by atomic mass is 32.1. The lowest BCUT2D eigenvalue weighted by Gasteiger charge is -2.36. The van der Waals surface area contributed by atoms with E-state index in [1.165, 1.54) is 11.3 Å².